The lowest BCUT2D eigenvalue weighted by Crippen LogP contribution is -2.52. The van der Waals surface area contributed by atoms with Crippen molar-refractivity contribution in [2.24, 2.45) is 4.99 Å². The van der Waals surface area contributed by atoms with Gasteiger partial charge in [0.05, 0.1) is 40.3 Å². The molecule has 0 radical (unpaired) electrons. The second kappa shape index (κ2) is 12.3. The molecule has 2 N–H and O–H groups in total. The number of halogens is 5. The molecule has 0 unspecified atom stereocenters. The quantitative estimate of drug-likeness (QED) is 0.338. The number of benzene rings is 1. The van der Waals surface area contributed by atoms with Gasteiger partial charge in [-0.1, -0.05) is 35.8 Å². The van der Waals surface area contributed by atoms with E-state index in [-0.39, 0.29) is 41.7 Å². The molecule has 37 heavy (non-hydrogen) atoms. The number of amidine groups is 1. The van der Waals surface area contributed by atoms with Crippen molar-refractivity contribution < 1.29 is 26.4 Å². The van der Waals surface area contributed by atoms with Gasteiger partial charge in [-0.05, 0) is 51.8 Å². The summed E-state index contributed by atoms with van der Waals surface area (Å²) in [6.07, 6.45) is -3.27. The molecule has 1 aliphatic heterocycles. The topological polar surface area (TPSA) is 90.9 Å². The maximum absolute atomic E-state index is 13.8. The number of rotatable bonds is 13. The van der Waals surface area contributed by atoms with Gasteiger partial charge in [-0.2, -0.15) is 0 Å². The molecule has 0 saturated carbocycles. The third-order valence-corrected chi connectivity index (χ3v) is 8.16. The number of carbonyl (C=O) groups excluding carboxylic acids is 1. The fourth-order valence-electron chi connectivity index (χ4n) is 3.64. The minimum absolute atomic E-state index is 0.114. The summed E-state index contributed by atoms with van der Waals surface area (Å²) in [4.78, 5) is 17.0. The van der Waals surface area contributed by atoms with Crippen LogP contribution in [0.15, 0.2) is 35.5 Å². The number of allylic oxidation sites excluding steroid dienone is 1. The highest BCUT2D eigenvalue weighted by atomic mass is 35.5. The van der Waals surface area contributed by atoms with Crippen LogP contribution in [-0.2, 0) is 21.4 Å². The van der Waals surface area contributed by atoms with Crippen LogP contribution in [0.1, 0.15) is 52.5 Å². The second-order valence-electron chi connectivity index (χ2n) is 10.1. The Balaban J connectivity index is 2.18. The van der Waals surface area contributed by atoms with Gasteiger partial charge < -0.3 is 10.6 Å². The first-order valence-electron chi connectivity index (χ1n) is 11.6. The van der Waals surface area contributed by atoms with Gasteiger partial charge in [0.2, 0.25) is 22.4 Å². The third kappa shape index (κ3) is 9.37. The molecule has 0 aliphatic carbocycles. The zero-order chi connectivity index (χ0) is 28.2. The normalized spacial score (nSPS) is 17.4. The summed E-state index contributed by atoms with van der Waals surface area (Å²) in [5.74, 6) is -0.747. The first-order chi connectivity index (χ1) is 16.9. The van der Waals surface area contributed by atoms with Crippen LogP contribution in [0.25, 0.3) is 0 Å². The minimum atomic E-state index is -4.13. The van der Waals surface area contributed by atoms with E-state index < -0.39 is 51.8 Å². The molecule has 7 nitrogen and oxygen atoms in total. The Morgan fingerprint density at radius 1 is 1.30 bits per heavy atom. The highest BCUT2D eigenvalue weighted by Gasteiger charge is 2.41. The fourth-order valence-corrected chi connectivity index (χ4v) is 5.49. The zero-order valence-corrected chi connectivity index (χ0v) is 23.6. The molecule has 1 atom stereocenters. The predicted molar refractivity (Wildman–Crippen MR) is 141 cm³/mol. The SMILES string of the molecule is C=C(CCC1=N[C@@H](C(=O)NCC(C)(C)F)C(C)(C)N1)N(Cc1ccc(Cl)c(Cl)c1)S(=O)(=O)CCC(F)F. The Morgan fingerprint density at radius 3 is 2.51 bits per heavy atom. The van der Waals surface area contributed by atoms with Gasteiger partial charge in [-0.25, -0.2) is 21.6 Å². The van der Waals surface area contributed by atoms with Crippen molar-refractivity contribution in [3.8, 4) is 0 Å². The van der Waals surface area contributed by atoms with Gasteiger partial charge in [-0.15, -0.1) is 0 Å². The lowest BCUT2D eigenvalue weighted by atomic mass is 9.95. The lowest BCUT2D eigenvalue weighted by molar-refractivity contribution is -0.123. The van der Waals surface area contributed by atoms with Crippen LogP contribution in [0, 0.1) is 0 Å². The predicted octanol–water partition coefficient (Wildman–Crippen LogP) is 5.09. The van der Waals surface area contributed by atoms with Gasteiger partial charge in [0.1, 0.15) is 5.67 Å². The van der Waals surface area contributed by atoms with Crippen molar-refractivity contribution in [3.05, 3.63) is 46.1 Å². The number of hydrogen-bond donors (Lipinski definition) is 2. The number of aliphatic imine (C=N–C) groups is 1. The van der Waals surface area contributed by atoms with Gasteiger partial charge in [0.25, 0.3) is 0 Å². The number of sulfonamides is 1. The molecule has 0 aromatic heterocycles. The van der Waals surface area contributed by atoms with E-state index in [4.69, 9.17) is 23.2 Å². The molecule has 0 bridgehead atoms. The Bertz CT molecular complexity index is 1140. The van der Waals surface area contributed by atoms with Gasteiger partial charge in [0, 0.05) is 18.5 Å². The van der Waals surface area contributed by atoms with E-state index in [0.717, 1.165) is 4.31 Å². The van der Waals surface area contributed by atoms with Crippen LogP contribution < -0.4 is 10.6 Å². The smallest absolute Gasteiger partial charge is 0.247 e. The van der Waals surface area contributed by atoms with Crippen molar-refractivity contribution in [2.75, 3.05) is 12.3 Å². The molecular formula is C24H33Cl2F3N4O3S. The molecule has 1 aliphatic rings. The standard InChI is InChI=1S/C24H33Cl2F3N4O3S/c1-15(6-9-20-31-21(24(4,5)32-20)22(34)30-14-23(2,3)29)33(37(35,36)11-10-19(27)28)13-16-7-8-17(25)18(26)12-16/h7-8,12,19,21H,1,6,9-11,13-14H2,2-5H3,(H,30,34)(H,31,32)/t21-/m0/s1. The summed E-state index contributed by atoms with van der Waals surface area (Å²) >= 11 is 12.0. The van der Waals surface area contributed by atoms with E-state index in [1.807, 2.05) is 0 Å². The Hall–Kier alpha value is -1.98. The van der Waals surface area contributed by atoms with Crippen LogP contribution in [0.3, 0.4) is 0 Å². The molecule has 0 spiro atoms. The van der Waals surface area contributed by atoms with E-state index >= 15 is 0 Å². The summed E-state index contributed by atoms with van der Waals surface area (Å²) < 4.78 is 66.3. The maximum atomic E-state index is 13.8. The molecule has 0 saturated heterocycles. The van der Waals surface area contributed by atoms with Crippen molar-refractivity contribution in [2.45, 2.75) is 77.2 Å². The molecule has 1 heterocycles. The molecule has 1 aromatic rings. The molecule has 13 heteroatoms. The van der Waals surface area contributed by atoms with Crippen LogP contribution in [-0.4, -0.2) is 60.4 Å². The van der Waals surface area contributed by atoms with Gasteiger partial charge in [-0.3, -0.25) is 14.1 Å². The Kier molecular flexibility index (Phi) is 10.3. The second-order valence-corrected chi connectivity index (χ2v) is 12.9. The van der Waals surface area contributed by atoms with E-state index in [1.54, 1.807) is 19.9 Å². The van der Waals surface area contributed by atoms with Gasteiger partial charge >= 0.3 is 0 Å². The maximum Gasteiger partial charge on any atom is 0.247 e. The number of alkyl halides is 3. The van der Waals surface area contributed by atoms with Crippen molar-refractivity contribution in [1.29, 1.82) is 0 Å². The van der Waals surface area contributed by atoms with E-state index in [0.29, 0.717) is 11.4 Å². The largest absolute Gasteiger partial charge is 0.366 e. The highest BCUT2D eigenvalue weighted by Crippen LogP contribution is 2.27. The number of hydrogen-bond acceptors (Lipinski definition) is 5. The molecule has 0 fully saturated rings. The number of carbonyl (C=O) groups is 1. The molecule has 1 amide bonds. The summed E-state index contributed by atoms with van der Waals surface area (Å²) in [7, 11) is -4.13. The van der Waals surface area contributed by atoms with Crippen LogP contribution in [0.5, 0.6) is 0 Å². The first kappa shape index (κ1) is 31.2. The van der Waals surface area contributed by atoms with Crippen molar-refractivity contribution in [3.63, 3.8) is 0 Å². The zero-order valence-electron chi connectivity index (χ0n) is 21.3. The molecule has 208 valence electrons. The Labute approximate surface area is 226 Å². The van der Waals surface area contributed by atoms with E-state index in [1.165, 1.54) is 26.0 Å². The monoisotopic (exact) mass is 584 g/mol. The summed E-state index contributed by atoms with van der Waals surface area (Å²) in [5.41, 5.74) is -1.68. The number of nitrogens with zero attached hydrogens (tertiary/aromatic N) is 2. The first-order valence-corrected chi connectivity index (χ1v) is 14.0. The number of nitrogens with one attached hydrogen (secondary N) is 2. The minimum Gasteiger partial charge on any atom is -0.366 e. The Morgan fingerprint density at radius 2 is 1.95 bits per heavy atom. The van der Waals surface area contributed by atoms with E-state index in [2.05, 4.69) is 22.2 Å². The van der Waals surface area contributed by atoms with Crippen LogP contribution in [0.4, 0.5) is 13.2 Å². The summed E-state index contributed by atoms with van der Waals surface area (Å²) in [5, 5.41) is 6.22. The average Bonchev–Trinajstić information content (AvgIpc) is 3.08. The van der Waals surface area contributed by atoms with E-state index in [9.17, 15) is 26.4 Å². The van der Waals surface area contributed by atoms with Gasteiger partial charge in [0.15, 0.2) is 6.04 Å². The number of amides is 1. The van der Waals surface area contributed by atoms with Crippen LogP contribution >= 0.6 is 23.2 Å². The highest BCUT2D eigenvalue weighted by molar-refractivity contribution is 7.89. The third-order valence-electron chi connectivity index (χ3n) is 5.61. The molecule has 1 aromatic carbocycles. The fraction of sp³-hybridized carbons (Fsp3) is 0.583. The average molecular weight is 586 g/mol. The van der Waals surface area contributed by atoms with Crippen molar-refractivity contribution >= 4 is 45.0 Å². The molecular weight excluding hydrogens is 552 g/mol. The summed E-state index contributed by atoms with van der Waals surface area (Å²) in [6.45, 7) is 9.80. The van der Waals surface area contributed by atoms with Crippen LogP contribution in [0.2, 0.25) is 10.0 Å². The summed E-state index contributed by atoms with van der Waals surface area (Å²) in [6, 6.07) is 3.78. The lowest BCUT2D eigenvalue weighted by Gasteiger charge is -2.27. The van der Waals surface area contributed by atoms with Crippen molar-refractivity contribution in [1.82, 2.24) is 14.9 Å². The molecule has 2 rings (SSSR count).